The highest BCUT2D eigenvalue weighted by molar-refractivity contribution is 5.80. The Kier molecular flexibility index (Phi) is 4.57. The molecule has 1 N–H and O–H groups in total. The van der Waals surface area contributed by atoms with E-state index in [1.807, 2.05) is 13.0 Å². The van der Waals surface area contributed by atoms with Crippen LogP contribution in [0.1, 0.15) is 57.9 Å². The fourth-order valence-electron chi connectivity index (χ4n) is 6.70. The van der Waals surface area contributed by atoms with Crippen molar-refractivity contribution in [1.82, 2.24) is 0 Å². The van der Waals surface area contributed by atoms with E-state index in [1.165, 1.54) is 0 Å². The van der Waals surface area contributed by atoms with Gasteiger partial charge in [-0.3, -0.25) is 4.79 Å². The van der Waals surface area contributed by atoms with Crippen LogP contribution in [0.15, 0.2) is 35.2 Å². The maximum absolute atomic E-state index is 12.8. The van der Waals surface area contributed by atoms with Crippen LogP contribution in [-0.2, 0) is 20.7 Å². The van der Waals surface area contributed by atoms with Crippen molar-refractivity contribution in [1.29, 1.82) is 0 Å². The Hall–Kier alpha value is -1.88. The van der Waals surface area contributed by atoms with Crippen LogP contribution in [0.3, 0.4) is 0 Å². The van der Waals surface area contributed by atoms with Gasteiger partial charge >= 0.3 is 5.97 Å². The van der Waals surface area contributed by atoms with Crippen LogP contribution in [0.2, 0.25) is 0 Å². The minimum atomic E-state index is -1.12. The number of ether oxygens (including phenoxy) is 1. The summed E-state index contributed by atoms with van der Waals surface area (Å²) in [7, 11) is 0. The highest BCUT2D eigenvalue weighted by atomic mass is 16.5. The number of aryl methyl sites for hydroxylation is 1. The number of hydrogen-bond acceptors (Lipinski definition) is 5. The number of aliphatic hydroxyl groups is 1. The first kappa shape index (κ1) is 19.4. The number of hydrogen-bond donors (Lipinski definition) is 1. The van der Waals surface area contributed by atoms with Gasteiger partial charge in [0.2, 0.25) is 0 Å². The lowest BCUT2D eigenvalue weighted by molar-refractivity contribution is -0.250. The van der Waals surface area contributed by atoms with Gasteiger partial charge in [-0.1, -0.05) is 13.0 Å². The van der Waals surface area contributed by atoms with Crippen LogP contribution < -0.4 is 0 Å². The van der Waals surface area contributed by atoms with Gasteiger partial charge in [-0.25, -0.2) is 0 Å². The third-order valence-electron chi connectivity index (χ3n) is 7.82. The lowest BCUT2D eigenvalue weighted by Crippen LogP contribution is -2.70. The molecule has 3 aliphatic rings. The van der Waals surface area contributed by atoms with E-state index in [0.29, 0.717) is 25.7 Å². The molecule has 2 saturated carbocycles. The topological polar surface area (TPSA) is 76.7 Å². The zero-order chi connectivity index (χ0) is 20.2. The summed E-state index contributed by atoms with van der Waals surface area (Å²) in [6.07, 6.45) is 7.93. The molecule has 1 aromatic rings. The molecule has 4 rings (SSSR count). The Morgan fingerprint density at radius 3 is 2.86 bits per heavy atom. The summed E-state index contributed by atoms with van der Waals surface area (Å²) >= 11 is 0. The fourth-order valence-corrected chi connectivity index (χ4v) is 6.70. The van der Waals surface area contributed by atoms with Crippen LogP contribution in [0.5, 0.6) is 0 Å². The summed E-state index contributed by atoms with van der Waals surface area (Å²) in [5.74, 6) is -0.0976. The summed E-state index contributed by atoms with van der Waals surface area (Å²) in [6, 6.07) is 1.91. The first-order chi connectivity index (χ1) is 13.2. The Bertz CT molecular complexity index is 796. The molecule has 5 unspecified atom stereocenters. The number of cyclic esters (lactones) is 1. The number of furan rings is 1. The molecular weight excluding hydrogens is 356 g/mol. The maximum Gasteiger partial charge on any atom is 0.312 e. The van der Waals surface area contributed by atoms with Crippen LogP contribution >= 0.6 is 0 Å². The quantitative estimate of drug-likeness (QED) is 0.614. The van der Waals surface area contributed by atoms with E-state index in [1.54, 1.807) is 19.5 Å². The highest BCUT2D eigenvalue weighted by Gasteiger charge is 2.70. The predicted octanol–water partition coefficient (Wildman–Crippen LogP) is 3.85. The summed E-state index contributed by atoms with van der Waals surface area (Å²) in [6.45, 7) is 8.07. The molecule has 2 aliphatic carbocycles. The maximum atomic E-state index is 12.8. The van der Waals surface area contributed by atoms with Gasteiger partial charge in [0.05, 0.1) is 23.5 Å². The van der Waals surface area contributed by atoms with Gasteiger partial charge in [0, 0.05) is 11.8 Å². The van der Waals surface area contributed by atoms with Crippen molar-refractivity contribution in [2.45, 2.75) is 64.4 Å². The van der Waals surface area contributed by atoms with E-state index in [2.05, 4.69) is 6.58 Å². The number of rotatable bonds is 5. The monoisotopic (exact) mass is 386 g/mol. The molecule has 1 aromatic heterocycles. The van der Waals surface area contributed by atoms with Gasteiger partial charge in [0.15, 0.2) is 0 Å². The molecule has 2 heterocycles. The van der Waals surface area contributed by atoms with Crippen LogP contribution in [-0.4, -0.2) is 29.1 Å². The van der Waals surface area contributed by atoms with Gasteiger partial charge in [-0.05, 0) is 75.0 Å². The second-order valence-electron chi connectivity index (χ2n) is 9.45. The Labute approximate surface area is 166 Å². The van der Waals surface area contributed by atoms with E-state index in [9.17, 15) is 14.7 Å². The molecule has 0 amide bonds. The molecule has 152 valence electrons. The van der Waals surface area contributed by atoms with Gasteiger partial charge in [0.1, 0.15) is 12.4 Å². The second-order valence-corrected chi connectivity index (χ2v) is 9.45. The number of esters is 1. The molecule has 1 aliphatic heterocycles. The van der Waals surface area contributed by atoms with Crippen LogP contribution in [0.4, 0.5) is 0 Å². The lowest BCUT2D eigenvalue weighted by atomic mass is 9.40. The van der Waals surface area contributed by atoms with Gasteiger partial charge in [-0.15, -0.1) is 0 Å². The van der Waals surface area contributed by atoms with Crippen molar-refractivity contribution >= 4 is 11.8 Å². The predicted molar refractivity (Wildman–Crippen MR) is 103 cm³/mol. The number of Topliss-reactive ketones (excluding diaryl/α,β-unsaturated/α-hetero) is 1. The first-order valence-corrected chi connectivity index (χ1v) is 10.3. The minimum absolute atomic E-state index is 0.0253. The van der Waals surface area contributed by atoms with Gasteiger partial charge < -0.3 is 19.1 Å². The highest BCUT2D eigenvalue weighted by Crippen LogP contribution is 2.68. The lowest BCUT2D eigenvalue weighted by Gasteiger charge is -2.66. The summed E-state index contributed by atoms with van der Waals surface area (Å²) in [4.78, 5) is 24.8. The molecule has 5 nitrogen and oxygen atoms in total. The number of carbonyl (C=O) groups excluding carboxylic acids is 2. The standard InChI is InChI=1S/C23H30O5/c1-15-11-18(12-16(2)24)19-21(3)7-4-8-22(19,14-28-20(21)25)23(15,26)9-5-17-6-10-27-13-17/h6,10,13,18-19,26H,1,4-5,7-9,11-12,14H2,2-3H3. The molecule has 2 bridgehead atoms. The SMILES string of the molecule is C=C1CC(CC(C)=O)C2C3(C)CCCC2(COC3=O)C1(O)CCc1ccoc1. The summed E-state index contributed by atoms with van der Waals surface area (Å²) < 4.78 is 10.9. The van der Waals surface area contributed by atoms with E-state index in [4.69, 9.17) is 9.15 Å². The third kappa shape index (κ3) is 2.62. The Morgan fingerprint density at radius 1 is 1.39 bits per heavy atom. The van der Waals surface area contributed by atoms with E-state index in [0.717, 1.165) is 30.4 Å². The Morgan fingerprint density at radius 2 is 2.18 bits per heavy atom. The van der Waals surface area contributed by atoms with Crippen molar-refractivity contribution in [3.05, 3.63) is 36.3 Å². The third-order valence-corrected chi connectivity index (χ3v) is 7.82. The summed E-state index contributed by atoms with van der Waals surface area (Å²) in [5.41, 5.74) is -0.536. The zero-order valence-electron chi connectivity index (χ0n) is 16.8. The van der Waals surface area contributed by atoms with Crippen molar-refractivity contribution in [3.63, 3.8) is 0 Å². The molecule has 5 heteroatoms. The van der Waals surface area contributed by atoms with E-state index < -0.39 is 16.4 Å². The molecular formula is C23H30O5. The smallest absolute Gasteiger partial charge is 0.312 e. The molecule has 0 spiro atoms. The normalized spacial score (nSPS) is 40.0. The first-order valence-electron chi connectivity index (χ1n) is 10.3. The molecule has 0 radical (unpaired) electrons. The van der Waals surface area contributed by atoms with Crippen molar-refractivity contribution in [2.24, 2.45) is 22.7 Å². The van der Waals surface area contributed by atoms with Gasteiger partial charge in [0.25, 0.3) is 0 Å². The van der Waals surface area contributed by atoms with Gasteiger partial charge in [-0.2, -0.15) is 0 Å². The largest absolute Gasteiger partial charge is 0.472 e. The molecule has 1 saturated heterocycles. The van der Waals surface area contributed by atoms with Crippen molar-refractivity contribution in [3.8, 4) is 0 Å². The average Bonchev–Trinajstić information content (AvgIpc) is 3.14. The molecule has 28 heavy (non-hydrogen) atoms. The molecule has 3 fully saturated rings. The summed E-state index contributed by atoms with van der Waals surface area (Å²) in [5, 5.41) is 12.1. The van der Waals surface area contributed by atoms with Crippen molar-refractivity contribution < 1.29 is 23.8 Å². The molecule has 5 atom stereocenters. The number of ketones is 1. The van der Waals surface area contributed by atoms with E-state index in [-0.39, 0.29) is 30.2 Å². The van der Waals surface area contributed by atoms with E-state index >= 15 is 0 Å². The number of carbonyl (C=O) groups is 2. The zero-order valence-corrected chi connectivity index (χ0v) is 16.8. The van der Waals surface area contributed by atoms with Crippen LogP contribution in [0.25, 0.3) is 0 Å². The average molecular weight is 386 g/mol. The Balaban J connectivity index is 1.77. The minimum Gasteiger partial charge on any atom is -0.472 e. The van der Waals surface area contributed by atoms with Crippen LogP contribution in [0, 0.1) is 22.7 Å². The second kappa shape index (κ2) is 6.58. The van der Waals surface area contributed by atoms with Crippen molar-refractivity contribution in [2.75, 3.05) is 6.61 Å². The molecule has 0 aromatic carbocycles. The fraction of sp³-hybridized carbons (Fsp3) is 0.652.